The molecule has 1 heterocycles. The molecule has 1 aliphatic rings. The standard InChI is InChI=1S/C15H12F3N3O4/c16-15(17,18)7-2-3-8-6(5-7)1-4-9(8)19-12(23)10-11(22)13(24)21-14(25)20-10/h2-3,5,9,22H,1,4H2,(H,19,23)(H2,20,21,24,25)/t9-/m1/s1. The molecule has 1 aromatic carbocycles. The molecule has 1 aliphatic carbocycles. The number of aromatic nitrogens is 2. The zero-order valence-corrected chi connectivity index (χ0v) is 12.5. The molecule has 1 atom stereocenters. The minimum atomic E-state index is -4.45. The lowest BCUT2D eigenvalue weighted by Gasteiger charge is -2.15. The summed E-state index contributed by atoms with van der Waals surface area (Å²) in [7, 11) is 0. The number of H-pyrrole nitrogens is 2. The maximum atomic E-state index is 12.7. The van der Waals surface area contributed by atoms with E-state index in [0.717, 1.165) is 12.1 Å². The van der Waals surface area contributed by atoms with Crippen molar-refractivity contribution in [1.82, 2.24) is 15.3 Å². The lowest BCUT2D eigenvalue weighted by Crippen LogP contribution is -2.33. The molecule has 0 radical (unpaired) electrons. The van der Waals surface area contributed by atoms with Gasteiger partial charge in [-0.05, 0) is 36.1 Å². The molecule has 0 bridgehead atoms. The number of aryl methyl sites for hydroxylation is 1. The third-order valence-corrected chi connectivity index (χ3v) is 4.00. The molecule has 1 aromatic heterocycles. The molecule has 0 saturated heterocycles. The molecule has 0 spiro atoms. The van der Waals surface area contributed by atoms with Gasteiger partial charge in [0.1, 0.15) is 0 Å². The lowest BCUT2D eigenvalue weighted by atomic mass is 10.0. The average Bonchev–Trinajstić information content (AvgIpc) is 2.92. The van der Waals surface area contributed by atoms with E-state index in [0.29, 0.717) is 24.0 Å². The third kappa shape index (κ3) is 3.14. The number of benzene rings is 1. The van der Waals surface area contributed by atoms with Crippen molar-refractivity contribution in [3.63, 3.8) is 0 Å². The van der Waals surface area contributed by atoms with Crippen LogP contribution in [0.3, 0.4) is 0 Å². The highest BCUT2D eigenvalue weighted by molar-refractivity contribution is 5.94. The highest BCUT2D eigenvalue weighted by Crippen LogP contribution is 2.36. The summed E-state index contributed by atoms with van der Waals surface area (Å²) in [4.78, 5) is 38.5. The second kappa shape index (κ2) is 5.80. The summed E-state index contributed by atoms with van der Waals surface area (Å²) in [5, 5.41) is 12.1. The van der Waals surface area contributed by atoms with E-state index in [9.17, 15) is 32.7 Å². The number of halogens is 3. The molecule has 0 unspecified atom stereocenters. The number of amides is 1. The van der Waals surface area contributed by atoms with E-state index < -0.39 is 46.4 Å². The van der Waals surface area contributed by atoms with Crippen LogP contribution in [-0.4, -0.2) is 21.0 Å². The maximum Gasteiger partial charge on any atom is 0.416 e. The fourth-order valence-corrected chi connectivity index (χ4v) is 2.82. The number of hydrogen-bond donors (Lipinski definition) is 4. The Morgan fingerprint density at radius 2 is 1.96 bits per heavy atom. The number of aromatic amines is 2. The quantitative estimate of drug-likeness (QED) is 0.648. The molecule has 25 heavy (non-hydrogen) atoms. The van der Waals surface area contributed by atoms with Crippen LogP contribution in [0.15, 0.2) is 27.8 Å². The van der Waals surface area contributed by atoms with Crippen LogP contribution in [0.4, 0.5) is 13.2 Å². The summed E-state index contributed by atoms with van der Waals surface area (Å²) in [6.45, 7) is 0. The van der Waals surface area contributed by atoms with Gasteiger partial charge in [0.15, 0.2) is 5.69 Å². The minimum absolute atomic E-state index is 0.335. The minimum Gasteiger partial charge on any atom is -0.501 e. The Morgan fingerprint density at radius 3 is 2.64 bits per heavy atom. The number of nitrogens with one attached hydrogen (secondary N) is 3. The predicted molar refractivity (Wildman–Crippen MR) is 79.3 cm³/mol. The normalized spacial score (nSPS) is 16.5. The number of carbonyl (C=O) groups excluding carboxylic acids is 1. The summed E-state index contributed by atoms with van der Waals surface area (Å²) >= 11 is 0. The first-order chi connectivity index (χ1) is 11.7. The first-order valence-corrected chi connectivity index (χ1v) is 7.23. The van der Waals surface area contributed by atoms with Gasteiger partial charge in [-0.15, -0.1) is 0 Å². The lowest BCUT2D eigenvalue weighted by molar-refractivity contribution is -0.137. The second-order valence-corrected chi connectivity index (χ2v) is 5.61. The summed E-state index contributed by atoms with van der Waals surface area (Å²) in [6, 6.07) is 2.66. The molecule has 1 amide bonds. The first-order valence-electron chi connectivity index (χ1n) is 7.23. The topological polar surface area (TPSA) is 115 Å². The highest BCUT2D eigenvalue weighted by Gasteiger charge is 2.33. The molecule has 0 aliphatic heterocycles. The van der Waals surface area contributed by atoms with Gasteiger partial charge in [0, 0.05) is 0 Å². The van der Waals surface area contributed by atoms with Crippen LogP contribution in [0.25, 0.3) is 0 Å². The molecule has 4 N–H and O–H groups in total. The van der Waals surface area contributed by atoms with Gasteiger partial charge in [-0.2, -0.15) is 13.2 Å². The second-order valence-electron chi connectivity index (χ2n) is 5.61. The predicted octanol–water partition coefficient (Wildman–Crippen LogP) is 1.20. The van der Waals surface area contributed by atoms with E-state index in [2.05, 4.69) is 5.32 Å². The fraction of sp³-hybridized carbons (Fsp3) is 0.267. The number of aromatic hydroxyl groups is 1. The Hall–Kier alpha value is -3.04. The number of hydrogen-bond acceptors (Lipinski definition) is 4. The molecule has 132 valence electrons. The molecular weight excluding hydrogens is 343 g/mol. The van der Waals surface area contributed by atoms with Gasteiger partial charge >= 0.3 is 11.9 Å². The van der Waals surface area contributed by atoms with Crippen LogP contribution in [0.2, 0.25) is 0 Å². The van der Waals surface area contributed by atoms with Crippen molar-refractivity contribution in [3.8, 4) is 5.75 Å². The SMILES string of the molecule is O=C(N[C@@H]1CCc2cc(C(F)(F)F)ccc21)c1[nH]c(=O)[nH]c(=O)c1O. The van der Waals surface area contributed by atoms with Crippen molar-refractivity contribution >= 4 is 5.91 Å². The molecule has 3 rings (SSSR count). The van der Waals surface area contributed by atoms with Crippen LogP contribution in [0.5, 0.6) is 5.75 Å². The van der Waals surface area contributed by atoms with Gasteiger partial charge in [-0.3, -0.25) is 19.6 Å². The Kier molecular flexibility index (Phi) is 3.90. The van der Waals surface area contributed by atoms with Crippen molar-refractivity contribution in [2.45, 2.75) is 25.1 Å². The number of rotatable bonds is 2. The van der Waals surface area contributed by atoms with Crippen molar-refractivity contribution in [2.24, 2.45) is 0 Å². The first kappa shape index (κ1) is 16.8. The van der Waals surface area contributed by atoms with Gasteiger partial charge in [0.05, 0.1) is 11.6 Å². The molecular formula is C15H12F3N3O4. The molecule has 2 aromatic rings. The van der Waals surface area contributed by atoms with E-state index in [1.54, 1.807) is 4.98 Å². The van der Waals surface area contributed by atoms with Gasteiger partial charge in [-0.1, -0.05) is 6.07 Å². The smallest absolute Gasteiger partial charge is 0.416 e. The van der Waals surface area contributed by atoms with E-state index in [1.807, 2.05) is 4.98 Å². The fourth-order valence-electron chi connectivity index (χ4n) is 2.82. The van der Waals surface area contributed by atoms with Crippen LogP contribution >= 0.6 is 0 Å². The number of alkyl halides is 3. The van der Waals surface area contributed by atoms with Gasteiger partial charge < -0.3 is 10.4 Å². The van der Waals surface area contributed by atoms with Crippen LogP contribution in [0.1, 0.15) is 39.6 Å². The van der Waals surface area contributed by atoms with E-state index in [4.69, 9.17) is 0 Å². The molecule has 10 heteroatoms. The Bertz CT molecular complexity index is 962. The highest BCUT2D eigenvalue weighted by atomic mass is 19.4. The number of fused-ring (bicyclic) bond motifs is 1. The summed E-state index contributed by atoms with van der Waals surface area (Å²) < 4.78 is 38.2. The van der Waals surface area contributed by atoms with Crippen molar-refractivity contribution < 1.29 is 23.1 Å². The number of carbonyl (C=O) groups is 1. The van der Waals surface area contributed by atoms with E-state index in [-0.39, 0.29) is 0 Å². The molecule has 0 fully saturated rings. The monoisotopic (exact) mass is 355 g/mol. The van der Waals surface area contributed by atoms with E-state index in [1.165, 1.54) is 6.07 Å². The zero-order valence-electron chi connectivity index (χ0n) is 12.5. The van der Waals surface area contributed by atoms with Crippen molar-refractivity contribution in [2.75, 3.05) is 0 Å². The summed E-state index contributed by atoms with van der Waals surface area (Å²) in [5.74, 6) is -1.85. The zero-order chi connectivity index (χ0) is 18.4. The Labute approximate surface area is 137 Å². The molecule has 7 nitrogen and oxygen atoms in total. The largest absolute Gasteiger partial charge is 0.501 e. The maximum absolute atomic E-state index is 12.7. The van der Waals surface area contributed by atoms with Crippen molar-refractivity contribution in [1.29, 1.82) is 0 Å². The summed E-state index contributed by atoms with van der Waals surface area (Å²) in [6.07, 6.45) is -3.76. The van der Waals surface area contributed by atoms with Crippen LogP contribution in [0, 0.1) is 0 Å². The van der Waals surface area contributed by atoms with Crippen LogP contribution in [-0.2, 0) is 12.6 Å². The van der Waals surface area contributed by atoms with E-state index >= 15 is 0 Å². The average molecular weight is 355 g/mol. The van der Waals surface area contributed by atoms with Gasteiger partial charge in [-0.25, -0.2) is 4.79 Å². The van der Waals surface area contributed by atoms with Crippen LogP contribution < -0.4 is 16.6 Å². The Morgan fingerprint density at radius 1 is 1.24 bits per heavy atom. The molecule has 0 saturated carbocycles. The van der Waals surface area contributed by atoms with Gasteiger partial charge in [0.25, 0.3) is 11.5 Å². The Balaban J connectivity index is 1.86. The summed E-state index contributed by atoms with van der Waals surface area (Å²) in [5.41, 5.74) is -2.47. The van der Waals surface area contributed by atoms with Crippen molar-refractivity contribution in [3.05, 3.63) is 61.4 Å². The van der Waals surface area contributed by atoms with Gasteiger partial charge in [0.2, 0.25) is 5.75 Å². The third-order valence-electron chi connectivity index (χ3n) is 4.00.